The molecular weight excluding hydrogens is 228 g/mol. The van der Waals surface area contributed by atoms with Crippen molar-refractivity contribution in [3.63, 3.8) is 0 Å². The van der Waals surface area contributed by atoms with Crippen LogP contribution in [0.15, 0.2) is 41.1 Å². The first kappa shape index (κ1) is 12.5. The number of anilines is 1. The standard InChI is InChI=1S/C10H14N2O3S/c1-16(14,15)10-4-2-9(3-5-10)12-6-8(11)7-13/h2-6,12-13H,7,11H2,1H3/b8-6-. The average molecular weight is 242 g/mol. The Labute approximate surface area is 94.5 Å². The van der Waals surface area contributed by atoms with Crippen molar-refractivity contribution in [3.05, 3.63) is 36.2 Å². The van der Waals surface area contributed by atoms with Gasteiger partial charge in [0.05, 0.1) is 17.2 Å². The molecule has 0 heterocycles. The second-order valence-corrected chi connectivity index (χ2v) is 5.33. The molecule has 0 aliphatic heterocycles. The molecule has 88 valence electrons. The van der Waals surface area contributed by atoms with Crippen LogP contribution >= 0.6 is 0 Å². The molecule has 0 spiro atoms. The van der Waals surface area contributed by atoms with E-state index < -0.39 is 9.84 Å². The van der Waals surface area contributed by atoms with Crippen LogP contribution in [-0.2, 0) is 9.84 Å². The summed E-state index contributed by atoms with van der Waals surface area (Å²) in [5, 5.41) is 11.5. The highest BCUT2D eigenvalue weighted by molar-refractivity contribution is 7.90. The number of benzene rings is 1. The monoisotopic (exact) mass is 242 g/mol. The first-order chi connectivity index (χ1) is 7.43. The van der Waals surface area contributed by atoms with Crippen LogP contribution in [0.1, 0.15) is 0 Å². The molecule has 0 radical (unpaired) electrons. The lowest BCUT2D eigenvalue weighted by atomic mass is 10.3. The molecule has 0 unspecified atom stereocenters. The molecule has 1 aromatic rings. The molecule has 0 fully saturated rings. The van der Waals surface area contributed by atoms with Crippen molar-refractivity contribution >= 4 is 15.5 Å². The molecule has 0 saturated heterocycles. The molecule has 1 rings (SSSR count). The van der Waals surface area contributed by atoms with Crippen molar-refractivity contribution in [1.82, 2.24) is 0 Å². The first-order valence-electron chi connectivity index (χ1n) is 4.55. The summed E-state index contributed by atoms with van der Waals surface area (Å²) in [5.41, 5.74) is 6.37. The fraction of sp³-hybridized carbons (Fsp3) is 0.200. The third-order valence-electron chi connectivity index (χ3n) is 1.89. The minimum absolute atomic E-state index is 0.228. The van der Waals surface area contributed by atoms with Crippen LogP contribution in [0.25, 0.3) is 0 Å². The van der Waals surface area contributed by atoms with Gasteiger partial charge in [0.1, 0.15) is 0 Å². The zero-order valence-electron chi connectivity index (χ0n) is 8.84. The molecule has 0 aliphatic rings. The summed E-state index contributed by atoms with van der Waals surface area (Å²) < 4.78 is 22.3. The molecule has 0 aromatic heterocycles. The highest BCUT2D eigenvalue weighted by Gasteiger charge is 2.05. The first-order valence-corrected chi connectivity index (χ1v) is 6.44. The molecule has 5 nitrogen and oxygen atoms in total. The Morgan fingerprint density at radius 2 is 2.00 bits per heavy atom. The van der Waals surface area contributed by atoms with Gasteiger partial charge in [-0.05, 0) is 24.3 Å². The van der Waals surface area contributed by atoms with Gasteiger partial charge in [-0.25, -0.2) is 8.42 Å². The average Bonchev–Trinajstić information content (AvgIpc) is 2.25. The lowest BCUT2D eigenvalue weighted by Crippen LogP contribution is -2.05. The van der Waals surface area contributed by atoms with Crippen molar-refractivity contribution in [2.75, 3.05) is 18.2 Å². The maximum Gasteiger partial charge on any atom is 0.175 e. The summed E-state index contributed by atoms with van der Waals surface area (Å²) in [7, 11) is -3.16. The van der Waals surface area contributed by atoms with Gasteiger partial charge in [0.15, 0.2) is 9.84 Å². The minimum Gasteiger partial charge on any atom is -0.399 e. The number of hydrogen-bond donors (Lipinski definition) is 3. The van der Waals surface area contributed by atoms with E-state index in [0.717, 1.165) is 6.26 Å². The summed E-state index contributed by atoms with van der Waals surface area (Å²) in [5.74, 6) is 0. The summed E-state index contributed by atoms with van der Waals surface area (Å²) >= 11 is 0. The zero-order valence-corrected chi connectivity index (χ0v) is 9.66. The Morgan fingerprint density at radius 3 is 2.44 bits per heavy atom. The summed E-state index contributed by atoms with van der Waals surface area (Å²) in [4.78, 5) is 0.261. The number of nitrogens with two attached hydrogens (primary N) is 1. The Hall–Kier alpha value is -1.53. The third kappa shape index (κ3) is 3.56. The van der Waals surface area contributed by atoms with E-state index in [2.05, 4.69) is 5.32 Å². The van der Waals surface area contributed by atoms with E-state index >= 15 is 0 Å². The fourth-order valence-electron chi connectivity index (χ4n) is 1.02. The van der Waals surface area contributed by atoms with E-state index in [1.807, 2.05) is 0 Å². The molecular formula is C10H14N2O3S. The lowest BCUT2D eigenvalue weighted by molar-refractivity contribution is 0.329. The second kappa shape index (κ2) is 5.00. The van der Waals surface area contributed by atoms with Gasteiger partial charge in [-0.2, -0.15) is 0 Å². The topological polar surface area (TPSA) is 92.4 Å². The third-order valence-corrected chi connectivity index (χ3v) is 3.02. The zero-order chi connectivity index (χ0) is 12.2. The van der Waals surface area contributed by atoms with Gasteiger partial charge in [-0.1, -0.05) is 0 Å². The second-order valence-electron chi connectivity index (χ2n) is 3.32. The Morgan fingerprint density at radius 1 is 1.44 bits per heavy atom. The van der Waals surface area contributed by atoms with E-state index in [0.29, 0.717) is 11.4 Å². The van der Waals surface area contributed by atoms with E-state index in [-0.39, 0.29) is 11.5 Å². The molecule has 0 atom stereocenters. The van der Waals surface area contributed by atoms with E-state index in [9.17, 15) is 8.42 Å². The van der Waals surface area contributed by atoms with Crippen LogP contribution in [0.2, 0.25) is 0 Å². The number of sulfone groups is 1. The number of aliphatic hydroxyl groups excluding tert-OH is 1. The molecule has 6 heteroatoms. The lowest BCUT2D eigenvalue weighted by Gasteiger charge is -2.03. The van der Waals surface area contributed by atoms with Crippen LogP contribution < -0.4 is 11.1 Å². The molecule has 0 saturated carbocycles. The number of nitrogens with one attached hydrogen (secondary N) is 1. The highest BCUT2D eigenvalue weighted by atomic mass is 32.2. The number of aliphatic hydroxyl groups is 1. The van der Waals surface area contributed by atoms with Crippen LogP contribution in [0.5, 0.6) is 0 Å². The SMILES string of the molecule is CS(=O)(=O)c1ccc(N/C=C(\N)CO)cc1. The summed E-state index contributed by atoms with van der Waals surface area (Å²) in [6.07, 6.45) is 2.61. The van der Waals surface area contributed by atoms with Gasteiger partial charge < -0.3 is 16.2 Å². The molecule has 0 bridgehead atoms. The maximum atomic E-state index is 11.2. The molecule has 0 aliphatic carbocycles. The molecule has 16 heavy (non-hydrogen) atoms. The number of rotatable bonds is 4. The van der Waals surface area contributed by atoms with Crippen LogP contribution in [-0.4, -0.2) is 26.4 Å². The normalized spacial score (nSPS) is 12.5. The van der Waals surface area contributed by atoms with E-state index in [4.69, 9.17) is 10.8 Å². The van der Waals surface area contributed by atoms with Crippen LogP contribution in [0, 0.1) is 0 Å². The van der Waals surface area contributed by atoms with E-state index in [1.165, 1.54) is 18.3 Å². The van der Waals surface area contributed by atoms with Crippen LogP contribution in [0.3, 0.4) is 0 Å². The predicted molar refractivity (Wildman–Crippen MR) is 62.5 cm³/mol. The van der Waals surface area contributed by atoms with Crippen molar-refractivity contribution in [1.29, 1.82) is 0 Å². The largest absolute Gasteiger partial charge is 0.399 e. The Kier molecular flexibility index (Phi) is 3.92. The molecule has 1 aromatic carbocycles. The fourth-order valence-corrected chi connectivity index (χ4v) is 1.65. The molecule has 0 amide bonds. The Bertz CT molecular complexity index is 477. The maximum absolute atomic E-state index is 11.2. The number of hydrogen-bond acceptors (Lipinski definition) is 5. The van der Waals surface area contributed by atoms with Gasteiger partial charge >= 0.3 is 0 Å². The molecule has 4 N–H and O–H groups in total. The van der Waals surface area contributed by atoms with Gasteiger partial charge in [-0.15, -0.1) is 0 Å². The van der Waals surface area contributed by atoms with Crippen molar-refractivity contribution in [2.45, 2.75) is 4.90 Å². The van der Waals surface area contributed by atoms with Crippen molar-refractivity contribution < 1.29 is 13.5 Å². The quantitative estimate of drug-likeness (QED) is 0.706. The van der Waals surface area contributed by atoms with Gasteiger partial charge in [0.2, 0.25) is 0 Å². The van der Waals surface area contributed by atoms with Gasteiger partial charge in [-0.3, -0.25) is 0 Å². The van der Waals surface area contributed by atoms with Gasteiger partial charge in [0.25, 0.3) is 0 Å². The van der Waals surface area contributed by atoms with Crippen molar-refractivity contribution in [2.24, 2.45) is 5.73 Å². The summed E-state index contributed by atoms with van der Waals surface area (Å²) in [6.45, 7) is -0.228. The highest BCUT2D eigenvalue weighted by Crippen LogP contribution is 2.13. The smallest absolute Gasteiger partial charge is 0.175 e. The van der Waals surface area contributed by atoms with Gasteiger partial charge in [0, 0.05) is 18.1 Å². The summed E-state index contributed by atoms with van der Waals surface area (Å²) in [6, 6.07) is 6.25. The Balaban J connectivity index is 2.81. The van der Waals surface area contributed by atoms with Crippen LogP contribution in [0.4, 0.5) is 5.69 Å². The van der Waals surface area contributed by atoms with Crippen molar-refractivity contribution in [3.8, 4) is 0 Å². The van der Waals surface area contributed by atoms with E-state index in [1.54, 1.807) is 12.1 Å². The minimum atomic E-state index is -3.16. The predicted octanol–water partition coefficient (Wildman–Crippen LogP) is 0.294.